The number of hydrogen-bond donors (Lipinski definition) is 1. The number of thiazole rings is 1. The second-order valence-electron chi connectivity index (χ2n) is 5.12. The van der Waals surface area contributed by atoms with Gasteiger partial charge in [-0.3, -0.25) is 0 Å². The Labute approximate surface area is 114 Å². The van der Waals surface area contributed by atoms with Crippen molar-refractivity contribution in [3.8, 4) is 0 Å². The molecule has 0 aliphatic heterocycles. The van der Waals surface area contributed by atoms with Crippen molar-refractivity contribution >= 4 is 11.3 Å². The van der Waals surface area contributed by atoms with Gasteiger partial charge in [-0.15, -0.1) is 11.3 Å². The average molecular weight is 268 g/mol. The van der Waals surface area contributed by atoms with Crippen LogP contribution in [0.3, 0.4) is 0 Å². The first-order valence-electron chi connectivity index (χ1n) is 6.93. The molecule has 1 aliphatic carbocycles. The third-order valence-corrected chi connectivity index (χ3v) is 5.44. The molecule has 1 aliphatic rings. The van der Waals surface area contributed by atoms with Gasteiger partial charge < -0.3 is 10.1 Å². The van der Waals surface area contributed by atoms with Gasteiger partial charge in [0.2, 0.25) is 0 Å². The zero-order valence-electron chi connectivity index (χ0n) is 11.9. The fraction of sp³-hybridized carbons (Fsp3) is 0.786. The maximum atomic E-state index is 5.67. The van der Waals surface area contributed by atoms with Crippen LogP contribution in [0.4, 0.5) is 0 Å². The largest absolute Gasteiger partial charge is 0.371 e. The number of methoxy groups -OCH3 is 1. The van der Waals surface area contributed by atoms with E-state index in [1.807, 2.05) is 11.3 Å². The van der Waals surface area contributed by atoms with Crippen LogP contribution in [-0.2, 0) is 16.8 Å². The molecule has 102 valence electrons. The summed E-state index contributed by atoms with van der Waals surface area (Å²) >= 11 is 1.84. The average Bonchev–Trinajstić information content (AvgIpc) is 2.84. The summed E-state index contributed by atoms with van der Waals surface area (Å²) in [5.74, 6) is 0. The summed E-state index contributed by atoms with van der Waals surface area (Å²) in [6.45, 7) is 7.49. The second-order valence-corrected chi connectivity index (χ2v) is 6.15. The van der Waals surface area contributed by atoms with E-state index < -0.39 is 0 Å². The van der Waals surface area contributed by atoms with E-state index in [9.17, 15) is 0 Å². The second kappa shape index (κ2) is 5.68. The van der Waals surface area contributed by atoms with Gasteiger partial charge in [-0.2, -0.15) is 0 Å². The molecule has 0 saturated carbocycles. The van der Waals surface area contributed by atoms with Gasteiger partial charge in [0.05, 0.1) is 5.69 Å². The van der Waals surface area contributed by atoms with Gasteiger partial charge in [0.1, 0.15) is 10.6 Å². The molecule has 2 rings (SSSR count). The zero-order valence-corrected chi connectivity index (χ0v) is 12.7. The minimum absolute atomic E-state index is 0.223. The van der Waals surface area contributed by atoms with E-state index in [1.165, 1.54) is 23.4 Å². The van der Waals surface area contributed by atoms with Crippen LogP contribution >= 0.6 is 11.3 Å². The molecule has 1 N–H and O–H groups in total. The Morgan fingerprint density at radius 1 is 1.50 bits per heavy atom. The molecule has 2 unspecified atom stereocenters. The molecule has 18 heavy (non-hydrogen) atoms. The highest BCUT2D eigenvalue weighted by atomic mass is 32.1. The van der Waals surface area contributed by atoms with Crippen molar-refractivity contribution in [1.82, 2.24) is 10.3 Å². The van der Waals surface area contributed by atoms with Gasteiger partial charge in [-0.25, -0.2) is 4.98 Å². The topological polar surface area (TPSA) is 34.2 Å². The number of nitrogens with zero attached hydrogens (tertiary/aromatic N) is 1. The first-order chi connectivity index (χ1) is 8.64. The molecule has 0 saturated heterocycles. The highest BCUT2D eigenvalue weighted by molar-refractivity contribution is 7.12. The maximum absolute atomic E-state index is 5.67. The summed E-state index contributed by atoms with van der Waals surface area (Å²) in [6, 6.07) is 0.503. The predicted octanol–water partition coefficient (Wildman–Crippen LogP) is 3.40. The van der Waals surface area contributed by atoms with Crippen molar-refractivity contribution in [1.29, 1.82) is 0 Å². The third kappa shape index (κ3) is 2.46. The molecular weight excluding hydrogens is 244 g/mol. The zero-order chi connectivity index (χ0) is 13.2. The van der Waals surface area contributed by atoms with Crippen LogP contribution in [0.25, 0.3) is 0 Å². The van der Waals surface area contributed by atoms with Crippen LogP contribution in [0.1, 0.15) is 61.7 Å². The fourth-order valence-electron chi connectivity index (χ4n) is 2.47. The van der Waals surface area contributed by atoms with Gasteiger partial charge >= 0.3 is 0 Å². The molecule has 4 heteroatoms. The molecule has 0 radical (unpaired) electrons. The minimum Gasteiger partial charge on any atom is -0.371 e. The van der Waals surface area contributed by atoms with Crippen molar-refractivity contribution in [2.45, 2.75) is 58.1 Å². The maximum Gasteiger partial charge on any atom is 0.125 e. The molecule has 1 aromatic heterocycles. The Hall–Kier alpha value is -0.450. The van der Waals surface area contributed by atoms with E-state index in [0.717, 1.165) is 24.4 Å². The van der Waals surface area contributed by atoms with Gasteiger partial charge in [0.15, 0.2) is 0 Å². The van der Waals surface area contributed by atoms with E-state index in [4.69, 9.17) is 9.72 Å². The quantitative estimate of drug-likeness (QED) is 0.888. The molecule has 0 spiro atoms. The Kier molecular flexibility index (Phi) is 4.41. The van der Waals surface area contributed by atoms with Gasteiger partial charge in [0, 0.05) is 18.0 Å². The van der Waals surface area contributed by atoms with Crippen LogP contribution in [-0.4, -0.2) is 18.6 Å². The number of aryl methyl sites for hydroxylation is 1. The molecule has 3 nitrogen and oxygen atoms in total. The number of hydrogen-bond acceptors (Lipinski definition) is 4. The summed E-state index contributed by atoms with van der Waals surface area (Å²) < 4.78 is 5.67. The lowest BCUT2D eigenvalue weighted by atomic mass is 9.98. The number of nitrogens with one attached hydrogen (secondary N) is 1. The molecule has 1 heterocycles. The SMILES string of the molecule is CCNC1CCCc2nc(C(C)(CC)OC)sc21. The number of rotatable bonds is 5. The lowest BCUT2D eigenvalue weighted by molar-refractivity contribution is -0.00166. The van der Waals surface area contributed by atoms with Crippen LogP contribution in [0.5, 0.6) is 0 Å². The van der Waals surface area contributed by atoms with Gasteiger partial charge in [-0.1, -0.05) is 13.8 Å². The number of fused-ring (bicyclic) bond motifs is 1. The van der Waals surface area contributed by atoms with Crippen LogP contribution in [0, 0.1) is 0 Å². The van der Waals surface area contributed by atoms with Crippen molar-refractivity contribution in [3.05, 3.63) is 15.6 Å². The van der Waals surface area contributed by atoms with Crippen molar-refractivity contribution in [2.75, 3.05) is 13.7 Å². The summed E-state index contributed by atoms with van der Waals surface area (Å²) in [4.78, 5) is 6.29. The molecule has 0 amide bonds. The van der Waals surface area contributed by atoms with Crippen molar-refractivity contribution in [3.63, 3.8) is 0 Å². The first-order valence-corrected chi connectivity index (χ1v) is 7.74. The van der Waals surface area contributed by atoms with E-state index in [0.29, 0.717) is 6.04 Å². The van der Waals surface area contributed by atoms with Crippen molar-refractivity contribution < 1.29 is 4.74 Å². The van der Waals surface area contributed by atoms with E-state index in [2.05, 4.69) is 26.1 Å². The first kappa shape index (κ1) is 14.0. The van der Waals surface area contributed by atoms with E-state index in [1.54, 1.807) is 7.11 Å². The Morgan fingerprint density at radius 2 is 2.28 bits per heavy atom. The summed E-state index contributed by atoms with van der Waals surface area (Å²) in [6.07, 6.45) is 4.56. The van der Waals surface area contributed by atoms with Gasteiger partial charge in [0.25, 0.3) is 0 Å². The number of aromatic nitrogens is 1. The van der Waals surface area contributed by atoms with Crippen LogP contribution < -0.4 is 5.32 Å². The van der Waals surface area contributed by atoms with Crippen LogP contribution in [0.2, 0.25) is 0 Å². The third-order valence-electron chi connectivity index (χ3n) is 3.98. The summed E-state index contributed by atoms with van der Waals surface area (Å²) in [5, 5.41) is 4.71. The highest BCUT2D eigenvalue weighted by Crippen LogP contribution is 2.39. The number of ether oxygens (including phenoxy) is 1. The molecule has 1 aromatic rings. The summed E-state index contributed by atoms with van der Waals surface area (Å²) in [7, 11) is 1.78. The lowest BCUT2D eigenvalue weighted by Crippen LogP contribution is -2.23. The molecule has 2 atom stereocenters. The Bertz CT molecular complexity index is 398. The molecular formula is C14H24N2OS. The standard InChI is InChI=1S/C14H24N2OS/c1-5-14(3,17-4)13-16-11-9-7-8-10(15-6-2)12(11)18-13/h10,15H,5-9H2,1-4H3. The van der Waals surface area contributed by atoms with E-state index >= 15 is 0 Å². The summed E-state index contributed by atoms with van der Waals surface area (Å²) in [5.41, 5.74) is 1.07. The normalized spacial score (nSPS) is 22.6. The smallest absolute Gasteiger partial charge is 0.125 e. The predicted molar refractivity (Wildman–Crippen MR) is 76.1 cm³/mol. The monoisotopic (exact) mass is 268 g/mol. The minimum atomic E-state index is -0.223. The molecule has 0 bridgehead atoms. The fourth-order valence-corrected chi connectivity index (χ4v) is 3.89. The van der Waals surface area contributed by atoms with E-state index in [-0.39, 0.29) is 5.60 Å². The van der Waals surface area contributed by atoms with Crippen LogP contribution in [0.15, 0.2) is 0 Å². The molecule has 0 fully saturated rings. The Balaban J connectivity index is 2.32. The van der Waals surface area contributed by atoms with Crippen molar-refractivity contribution in [2.24, 2.45) is 0 Å². The molecule has 0 aromatic carbocycles. The lowest BCUT2D eigenvalue weighted by Gasteiger charge is -2.23. The highest BCUT2D eigenvalue weighted by Gasteiger charge is 2.32. The van der Waals surface area contributed by atoms with Gasteiger partial charge in [-0.05, 0) is 39.2 Å². The Morgan fingerprint density at radius 3 is 2.89 bits per heavy atom.